The third-order valence-electron chi connectivity index (χ3n) is 4.24. The van der Waals surface area contributed by atoms with E-state index in [9.17, 15) is 5.11 Å². The molecule has 0 aliphatic carbocycles. The van der Waals surface area contributed by atoms with E-state index in [2.05, 4.69) is 43.3 Å². The van der Waals surface area contributed by atoms with Crippen molar-refractivity contribution in [3.05, 3.63) is 49.8 Å². The minimum Gasteiger partial charge on any atom is -0.396 e. The van der Waals surface area contributed by atoms with Crippen LogP contribution in [-0.2, 0) is 0 Å². The van der Waals surface area contributed by atoms with Crippen molar-refractivity contribution in [2.75, 3.05) is 29.9 Å². The Hall–Kier alpha value is -2.80. The van der Waals surface area contributed by atoms with Gasteiger partial charge in [0.05, 0.1) is 0 Å². The molecule has 2 aromatic heterocycles. The Labute approximate surface area is 147 Å². The summed E-state index contributed by atoms with van der Waals surface area (Å²) in [6.45, 7) is 9.35. The fraction of sp³-hybridized carbons (Fsp3) is 0.333. The number of hydrogen-bond donors (Lipinski definition) is 2. The molecule has 25 heavy (non-hydrogen) atoms. The first-order valence-corrected chi connectivity index (χ1v) is 8.28. The molecule has 2 N–H and O–H groups in total. The number of aliphatic hydroxyl groups excluding tert-OH is 1. The van der Waals surface area contributed by atoms with Crippen molar-refractivity contribution >= 4 is 11.8 Å². The molecule has 0 aromatic carbocycles. The molecule has 7 nitrogen and oxygen atoms in total. The highest BCUT2D eigenvalue weighted by atomic mass is 16.3. The van der Waals surface area contributed by atoms with Gasteiger partial charge in [-0.05, 0) is 24.8 Å². The molecule has 1 atom stereocenters. The predicted molar refractivity (Wildman–Crippen MR) is 98.0 cm³/mol. The van der Waals surface area contributed by atoms with Gasteiger partial charge in [0.2, 0.25) is 5.95 Å². The van der Waals surface area contributed by atoms with Crippen LogP contribution in [0.1, 0.15) is 12.8 Å². The van der Waals surface area contributed by atoms with Gasteiger partial charge < -0.3 is 15.3 Å². The highest BCUT2D eigenvalue weighted by molar-refractivity contribution is 5.75. The maximum absolute atomic E-state index is 9.53. The molecule has 0 spiro atoms. The smallest absolute Gasteiger partial charge is 0.229 e. The maximum atomic E-state index is 9.53. The summed E-state index contributed by atoms with van der Waals surface area (Å²) in [6.07, 6.45) is 10.4. The second-order valence-corrected chi connectivity index (χ2v) is 6.05. The van der Waals surface area contributed by atoms with Crippen LogP contribution >= 0.6 is 0 Å². The standard InChI is InChI=1S/C18H22N6O/c1-3-13(2)22-18-21-9-16(15-7-19-12-20-8-15)17(23-18)24-6-4-5-14(10-24)11-25/h3,7-9,12,14,25H,1-2,4-6,10-11H2,(H,21,22,23). The summed E-state index contributed by atoms with van der Waals surface area (Å²) in [5, 5.41) is 12.6. The zero-order valence-corrected chi connectivity index (χ0v) is 14.1. The molecule has 0 amide bonds. The first kappa shape index (κ1) is 17.0. The first-order valence-electron chi connectivity index (χ1n) is 8.28. The minimum absolute atomic E-state index is 0.184. The van der Waals surface area contributed by atoms with Crippen LogP contribution < -0.4 is 10.2 Å². The topological polar surface area (TPSA) is 87.1 Å². The molecule has 0 saturated carbocycles. The number of rotatable bonds is 6. The van der Waals surface area contributed by atoms with E-state index in [-0.39, 0.29) is 12.5 Å². The Bertz CT molecular complexity index is 748. The van der Waals surface area contributed by atoms with E-state index in [4.69, 9.17) is 0 Å². The highest BCUT2D eigenvalue weighted by Crippen LogP contribution is 2.31. The van der Waals surface area contributed by atoms with Gasteiger partial charge in [0.25, 0.3) is 0 Å². The summed E-state index contributed by atoms with van der Waals surface area (Å²) in [5.41, 5.74) is 2.36. The molecule has 1 fully saturated rings. The molecule has 3 rings (SSSR count). The van der Waals surface area contributed by atoms with Crippen molar-refractivity contribution < 1.29 is 5.11 Å². The van der Waals surface area contributed by atoms with Gasteiger partial charge in [-0.25, -0.2) is 15.0 Å². The number of nitrogens with one attached hydrogen (secondary N) is 1. The zero-order chi connectivity index (χ0) is 17.6. The van der Waals surface area contributed by atoms with E-state index in [0.29, 0.717) is 11.6 Å². The highest BCUT2D eigenvalue weighted by Gasteiger charge is 2.23. The monoisotopic (exact) mass is 338 g/mol. The number of aliphatic hydroxyl groups is 1. The van der Waals surface area contributed by atoms with Gasteiger partial charge >= 0.3 is 0 Å². The lowest BCUT2D eigenvalue weighted by molar-refractivity contribution is 0.208. The van der Waals surface area contributed by atoms with Crippen LogP contribution in [0.25, 0.3) is 11.1 Å². The van der Waals surface area contributed by atoms with E-state index >= 15 is 0 Å². The van der Waals surface area contributed by atoms with Gasteiger partial charge in [-0.15, -0.1) is 0 Å². The summed E-state index contributed by atoms with van der Waals surface area (Å²) < 4.78 is 0. The van der Waals surface area contributed by atoms with Gasteiger partial charge in [-0.3, -0.25) is 0 Å². The number of nitrogens with zero attached hydrogens (tertiary/aromatic N) is 5. The Kier molecular flexibility index (Phi) is 5.35. The lowest BCUT2D eigenvalue weighted by Crippen LogP contribution is -2.37. The lowest BCUT2D eigenvalue weighted by atomic mass is 9.98. The second-order valence-electron chi connectivity index (χ2n) is 6.05. The number of anilines is 2. The van der Waals surface area contributed by atoms with Gasteiger partial charge in [-0.1, -0.05) is 13.2 Å². The maximum Gasteiger partial charge on any atom is 0.229 e. The zero-order valence-electron chi connectivity index (χ0n) is 14.1. The fourth-order valence-electron chi connectivity index (χ4n) is 2.92. The van der Waals surface area contributed by atoms with E-state index in [0.717, 1.165) is 42.9 Å². The van der Waals surface area contributed by atoms with Gasteiger partial charge in [-0.2, -0.15) is 4.98 Å². The molecular weight excluding hydrogens is 316 g/mol. The normalized spacial score (nSPS) is 17.2. The molecular formula is C18H22N6O. The molecule has 1 saturated heterocycles. The largest absolute Gasteiger partial charge is 0.396 e. The lowest BCUT2D eigenvalue weighted by Gasteiger charge is -2.33. The number of hydrogen-bond acceptors (Lipinski definition) is 7. The van der Waals surface area contributed by atoms with Crippen LogP contribution in [0.15, 0.2) is 49.8 Å². The molecule has 0 radical (unpaired) electrons. The summed E-state index contributed by atoms with van der Waals surface area (Å²) >= 11 is 0. The number of aromatic nitrogens is 4. The van der Waals surface area contributed by atoms with Crippen molar-refractivity contribution in [2.24, 2.45) is 5.92 Å². The molecule has 7 heteroatoms. The van der Waals surface area contributed by atoms with E-state index in [1.54, 1.807) is 24.7 Å². The van der Waals surface area contributed by atoms with E-state index in [1.165, 1.54) is 6.33 Å². The summed E-state index contributed by atoms with van der Waals surface area (Å²) in [4.78, 5) is 19.4. The molecule has 3 heterocycles. The second kappa shape index (κ2) is 7.85. The average Bonchev–Trinajstić information content (AvgIpc) is 2.68. The third-order valence-corrected chi connectivity index (χ3v) is 4.24. The van der Waals surface area contributed by atoms with Crippen LogP contribution in [0.3, 0.4) is 0 Å². The number of allylic oxidation sites excluding steroid dienone is 1. The minimum atomic E-state index is 0.184. The fourth-order valence-corrected chi connectivity index (χ4v) is 2.92. The van der Waals surface area contributed by atoms with Gasteiger partial charge in [0.15, 0.2) is 0 Å². The molecule has 1 aliphatic heterocycles. The molecule has 2 aromatic rings. The average molecular weight is 338 g/mol. The quantitative estimate of drug-likeness (QED) is 0.781. The molecule has 1 unspecified atom stereocenters. The number of piperidine rings is 1. The van der Waals surface area contributed by atoms with Gasteiger partial charge in [0.1, 0.15) is 12.1 Å². The van der Waals surface area contributed by atoms with E-state index < -0.39 is 0 Å². The SMILES string of the molecule is C=CC(=C)Nc1ncc(-c2cncnc2)c(N2CCCC(CO)C2)n1. The summed E-state index contributed by atoms with van der Waals surface area (Å²) in [6, 6.07) is 0. The molecule has 130 valence electrons. The van der Waals surface area contributed by atoms with E-state index in [1.807, 2.05) is 0 Å². The Balaban J connectivity index is 1.99. The third kappa shape index (κ3) is 4.00. The van der Waals surface area contributed by atoms with Crippen molar-refractivity contribution in [1.82, 2.24) is 19.9 Å². The van der Waals surface area contributed by atoms with Crippen LogP contribution in [-0.4, -0.2) is 44.7 Å². The molecule has 1 aliphatic rings. The summed E-state index contributed by atoms with van der Waals surface area (Å²) in [7, 11) is 0. The van der Waals surface area contributed by atoms with Crippen molar-refractivity contribution in [3.8, 4) is 11.1 Å². The van der Waals surface area contributed by atoms with Crippen LogP contribution in [0.5, 0.6) is 0 Å². The van der Waals surface area contributed by atoms with Crippen LogP contribution in [0, 0.1) is 5.92 Å². The predicted octanol–water partition coefficient (Wildman–Crippen LogP) is 2.25. The van der Waals surface area contributed by atoms with Crippen LogP contribution in [0.4, 0.5) is 11.8 Å². The van der Waals surface area contributed by atoms with Crippen molar-refractivity contribution in [2.45, 2.75) is 12.8 Å². The van der Waals surface area contributed by atoms with Crippen molar-refractivity contribution in [1.29, 1.82) is 0 Å². The van der Waals surface area contributed by atoms with Crippen molar-refractivity contribution in [3.63, 3.8) is 0 Å². The Morgan fingerprint density at radius 1 is 1.36 bits per heavy atom. The summed E-state index contributed by atoms with van der Waals surface area (Å²) in [5.74, 6) is 1.53. The Morgan fingerprint density at radius 2 is 2.16 bits per heavy atom. The van der Waals surface area contributed by atoms with Gasteiger partial charge in [0, 0.05) is 55.1 Å². The molecule has 0 bridgehead atoms. The first-order chi connectivity index (χ1) is 12.2. The Morgan fingerprint density at radius 3 is 2.88 bits per heavy atom. The van der Waals surface area contributed by atoms with Crippen LogP contribution in [0.2, 0.25) is 0 Å².